The van der Waals surface area contributed by atoms with Crippen LogP contribution in [-0.2, 0) is 0 Å². The predicted octanol–water partition coefficient (Wildman–Crippen LogP) is 17.2. The summed E-state index contributed by atoms with van der Waals surface area (Å²) < 4.78 is 15.5. The zero-order chi connectivity index (χ0) is 54.1. The number of para-hydroxylation sites is 4. The second-order valence-corrected chi connectivity index (χ2v) is 19.9. The minimum absolute atomic E-state index is 0.597. The van der Waals surface area contributed by atoms with Crippen molar-refractivity contribution in [2.75, 3.05) is 0 Å². The van der Waals surface area contributed by atoms with Gasteiger partial charge in [-0.2, -0.15) is 0 Å². The molecule has 16 rings (SSSR count). The van der Waals surface area contributed by atoms with Gasteiger partial charge in [0.05, 0.1) is 28.4 Å². The molecule has 1 N–H and O–H groups in total. The van der Waals surface area contributed by atoms with Gasteiger partial charge in [-0.1, -0.05) is 186 Å². The van der Waals surface area contributed by atoms with E-state index in [4.69, 9.17) is 38.7 Å². The first-order chi connectivity index (χ1) is 40.0. The highest BCUT2D eigenvalue weighted by molar-refractivity contribution is 9.10. The molecule has 0 atom stereocenters. The lowest BCUT2D eigenvalue weighted by molar-refractivity contribution is 0.668. The largest absolute Gasteiger partial charge is 0.456 e. The van der Waals surface area contributed by atoms with Crippen molar-refractivity contribution in [3.63, 3.8) is 0 Å². The van der Waals surface area contributed by atoms with E-state index in [-0.39, 0.29) is 0 Å². The van der Waals surface area contributed by atoms with Gasteiger partial charge in [-0.25, -0.2) is 39.9 Å². The summed E-state index contributed by atoms with van der Waals surface area (Å²) >= 11 is 3.59. The van der Waals surface area contributed by atoms with E-state index >= 15 is 0 Å². The number of nitrogens with one attached hydrogen (secondary N) is 1. The summed E-state index contributed by atoms with van der Waals surface area (Å²) in [5, 5.41) is 3.97. The third kappa shape index (κ3) is 9.64. The van der Waals surface area contributed by atoms with E-state index in [1.165, 1.54) is 0 Å². The van der Waals surface area contributed by atoms with Crippen molar-refractivity contribution in [2.24, 2.45) is 0 Å². The predicted molar refractivity (Wildman–Crippen MR) is 325 cm³/mol. The Balaban J connectivity index is 0.000000128. The molecule has 0 spiro atoms. The van der Waals surface area contributed by atoms with Crippen LogP contribution >= 0.6 is 15.9 Å². The van der Waals surface area contributed by atoms with E-state index in [2.05, 4.69) is 65.8 Å². The van der Waals surface area contributed by atoms with Crippen molar-refractivity contribution in [1.82, 2.24) is 49.4 Å². The van der Waals surface area contributed by atoms with Crippen LogP contribution < -0.4 is 0 Å². The fourth-order valence-corrected chi connectivity index (χ4v) is 10.4. The number of aromatic amines is 1. The van der Waals surface area contributed by atoms with Crippen LogP contribution in [0.5, 0.6) is 0 Å². The molecule has 10 aromatic carbocycles. The molecule has 384 valence electrons. The molecule has 81 heavy (non-hydrogen) atoms. The fraction of sp³-hybridized carbons (Fsp3) is 0. The Labute approximate surface area is 471 Å². The number of hydrogen-bond acceptors (Lipinski definition) is 10. The maximum Gasteiger partial charge on any atom is 0.164 e. The van der Waals surface area contributed by atoms with Gasteiger partial charge in [0, 0.05) is 65.1 Å². The van der Waals surface area contributed by atoms with Crippen molar-refractivity contribution in [2.45, 2.75) is 0 Å². The average molecular weight is 1110 g/mol. The first kappa shape index (κ1) is 48.6. The van der Waals surface area contributed by atoms with Gasteiger partial charge in [-0.05, 0) is 72.8 Å². The van der Waals surface area contributed by atoms with Gasteiger partial charge in [0.1, 0.15) is 28.7 Å². The Kier molecular flexibility index (Phi) is 12.7. The summed E-state index contributed by atoms with van der Waals surface area (Å²) in [5.74, 6) is 3.74. The second-order valence-electron chi connectivity index (χ2n) is 19.0. The molecule has 0 unspecified atom stereocenters. The Morgan fingerprint density at radius 2 is 0.802 bits per heavy atom. The standard InChI is InChI=1S/C34H21N5O.C27H16BrN3O.C7H6N2/c1-3-10-22(11-4-1)32-36-33(23-12-5-2-6-13-23)38-34(37-32)25-14-9-17-30-31(25)26-20-24(18-19-29(26)40-30)39-21-35-27-15-7-8-16-28(27)39;28-19-14-15-22-21(16-19)24-20(12-7-13-23(24)32-22)27-30-25(17-8-3-1-4-9-17)29-26(31-27)18-10-5-2-6-11-18;1-2-4-7-6(3-1)8-5-9-7/h1-21H;1-16H;1-5H,(H,8,9). The summed E-state index contributed by atoms with van der Waals surface area (Å²) in [7, 11) is 0. The van der Waals surface area contributed by atoms with E-state index in [0.29, 0.717) is 34.9 Å². The Morgan fingerprint density at radius 3 is 1.32 bits per heavy atom. The molecule has 16 aromatic rings. The Morgan fingerprint density at radius 1 is 0.358 bits per heavy atom. The van der Waals surface area contributed by atoms with Crippen LogP contribution in [-0.4, -0.2) is 49.4 Å². The molecule has 0 aliphatic rings. The minimum atomic E-state index is 0.597. The number of rotatable bonds is 7. The smallest absolute Gasteiger partial charge is 0.164 e. The maximum atomic E-state index is 6.31. The molecule has 6 aromatic heterocycles. The third-order valence-electron chi connectivity index (χ3n) is 13.9. The van der Waals surface area contributed by atoms with Crippen LogP contribution in [0.25, 0.3) is 140 Å². The van der Waals surface area contributed by atoms with E-state index in [1.807, 2.05) is 219 Å². The molecule has 0 bridgehead atoms. The normalized spacial score (nSPS) is 11.3. The second kappa shape index (κ2) is 21.2. The number of hydrogen-bond donors (Lipinski definition) is 1. The summed E-state index contributed by atoms with van der Waals surface area (Å²) in [6.07, 6.45) is 3.56. The van der Waals surface area contributed by atoms with Crippen LogP contribution in [0.3, 0.4) is 0 Å². The van der Waals surface area contributed by atoms with Crippen molar-refractivity contribution in [3.8, 4) is 74.0 Å². The molecule has 12 nitrogen and oxygen atoms in total. The van der Waals surface area contributed by atoms with E-state index in [0.717, 1.165) is 109 Å². The molecule has 0 saturated heterocycles. The summed E-state index contributed by atoms with van der Waals surface area (Å²) in [6.45, 7) is 0. The van der Waals surface area contributed by atoms with Gasteiger partial charge >= 0.3 is 0 Å². The highest BCUT2D eigenvalue weighted by Crippen LogP contribution is 2.40. The molecule has 6 heterocycles. The Bertz CT molecular complexity index is 4760. The van der Waals surface area contributed by atoms with Crippen LogP contribution in [0.2, 0.25) is 0 Å². The molecule has 0 radical (unpaired) electrons. The van der Waals surface area contributed by atoms with Gasteiger partial charge < -0.3 is 13.8 Å². The highest BCUT2D eigenvalue weighted by Gasteiger charge is 2.20. The zero-order valence-electron chi connectivity index (χ0n) is 43.0. The van der Waals surface area contributed by atoms with Crippen LogP contribution in [0, 0.1) is 0 Å². The molecular weight excluding hydrogens is 1070 g/mol. The lowest BCUT2D eigenvalue weighted by atomic mass is 10.0. The van der Waals surface area contributed by atoms with Crippen molar-refractivity contribution in [1.29, 1.82) is 0 Å². The molecular formula is C68H43BrN10O2. The lowest BCUT2D eigenvalue weighted by Gasteiger charge is -2.09. The number of fused-ring (bicyclic) bond motifs is 8. The zero-order valence-corrected chi connectivity index (χ0v) is 44.6. The number of benzene rings is 10. The maximum absolute atomic E-state index is 6.31. The summed E-state index contributed by atoms with van der Waals surface area (Å²) in [5.41, 5.74) is 13.9. The molecule has 13 heteroatoms. The van der Waals surface area contributed by atoms with Gasteiger partial charge in [0.15, 0.2) is 34.9 Å². The number of nitrogens with zero attached hydrogens (tertiary/aromatic N) is 9. The van der Waals surface area contributed by atoms with Crippen LogP contribution in [0.1, 0.15) is 0 Å². The molecule has 0 saturated carbocycles. The number of furan rings is 2. The van der Waals surface area contributed by atoms with Gasteiger partial charge in [0.2, 0.25) is 0 Å². The summed E-state index contributed by atoms with van der Waals surface area (Å²) in [4.78, 5) is 41.0. The fourth-order valence-electron chi connectivity index (χ4n) is 10.0. The highest BCUT2D eigenvalue weighted by atomic mass is 79.9. The van der Waals surface area contributed by atoms with Crippen molar-refractivity contribution < 1.29 is 8.83 Å². The number of H-pyrrole nitrogens is 1. The van der Waals surface area contributed by atoms with Gasteiger partial charge in [0.25, 0.3) is 0 Å². The minimum Gasteiger partial charge on any atom is -0.456 e. The lowest BCUT2D eigenvalue weighted by Crippen LogP contribution is -2.00. The summed E-state index contributed by atoms with van der Waals surface area (Å²) in [6, 6.07) is 80.3. The number of imidazole rings is 2. The number of halogens is 1. The topological polar surface area (TPSA) is 150 Å². The third-order valence-corrected chi connectivity index (χ3v) is 14.4. The van der Waals surface area contributed by atoms with Gasteiger partial charge in [-0.3, -0.25) is 4.57 Å². The monoisotopic (exact) mass is 1110 g/mol. The molecule has 0 aliphatic heterocycles. The number of aromatic nitrogens is 10. The van der Waals surface area contributed by atoms with Crippen LogP contribution in [0.15, 0.2) is 269 Å². The van der Waals surface area contributed by atoms with Crippen molar-refractivity contribution >= 4 is 81.9 Å². The van der Waals surface area contributed by atoms with E-state index < -0.39 is 0 Å². The Hall–Kier alpha value is -10.8. The quantitative estimate of drug-likeness (QED) is 0.163. The average Bonchev–Trinajstić information content (AvgIpc) is 4.40. The van der Waals surface area contributed by atoms with Crippen molar-refractivity contribution in [3.05, 3.63) is 260 Å². The first-order valence-corrected chi connectivity index (χ1v) is 27.0. The van der Waals surface area contributed by atoms with Gasteiger partial charge in [-0.15, -0.1) is 0 Å². The van der Waals surface area contributed by atoms with E-state index in [9.17, 15) is 0 Å². The SMILES string of the molecule is Brc1ccc2oc3cccc(-c4nc(-c5ccccc5)nc(-c5ccccc5)n4)c3c2c1.c1ccc(-c2nc(-c3ccccc3)nc(-c3cccc4oc5ccc(-n6cnc7ccccc76)cc5c34)n2)cc1.c1ccc2[nH]cnc2c1. The molecule has 0 fully saturated rings. The molecule has 0 aliphatic carbocycles. The first-order valence-electron chi connectivity index (χ1n) is 26.2. The van der Waals surface area contributed by atoms with Crippen LogP contribution in [0.4, 0.5) is 0 Å². The molecule has 0 amide bonds. The van der Waals surface area contributed by atoms with E-state index in [1.54, 1.807) is 6.33 Å².